The Morgan fingerprint density at radius 3 is 2.30 bits per heavy atom. The fourth-order valence-electron chi connectivity index (χ4n) is 3.83. The SMILES string of the molecule is Cc1cc(C)n(-c2ccc(C(=O)OCC(=O)N3C(C)CCCC3C)cc2)n1. The number of carbonyl (C=O) groups is 2. The zero-order chi connectivity index (χ0) is 19.6. The van der Waals surface area contributed by atoms with E-state index in [0.717, 1.165) is 36.3 Å². The van der Waals surface area contributed by atoms with Crippen LogP contribution in [0.25, 0.3) is 5.69 Å². The van der Waals surface area contributed by atoms with Gasteiger partial charge in [-0.2, -0.15) is 5.10 Å². The molecule has 144 valence electrons. The van der Waals surface area contributed by atoms with Crippen molar-refractivity contribution in [3.63, 3.8) is 0 Å². The quantitative estimate of drug-likeness (QED) is 0.775. The van der Waals surface area contributed by atoms with E-state index in [1.165, 1.54) is 0 Å². The first-order valence-electron chi connectivity index (χ1n) is 9.49. The summed E-state index contributed by atoms with van der Waals surface area (Å²) in [7, 11) is 0. The smallest absolute Gasteiger partial charge is 0.338 e. The highest BCUT2D eigenvalue weighted by atomic mass is 16.5. The molecule has 0 bridgehead atoms. The van der Waals surface area contributed by atoms with E-state index >= 15 is 0 Å². The predicted molar refractivity (Wildman–Crippen MR) is 103 cm³/mol. The van der Waals surface area contributed by atoms with Crippen molar-refractivity contribution in [1.82, 2.24) is 14.7 Å². The first kappa shape index (κ1) is 19.1. The van der Waals surface area contributed by atoms with Gasteiger partial charge in [0.2, 0.25) is 0 Å². The summed E-state index contributed by atoms with van der Waals surface area (Å²) in [5.74, 6) is -0.608. The second-order valence-corrected chi connectivity index (χ2v) is 7.39. The summed E-state index contributed by atoms with van der Waals surface area (Å²) in [6.07, 6.45) is 3.13. The van der Waals surface area contributed by atoms with Crippen LogP contribution in [0.4, 0.5) is 0 Å². The normalized spacial score (nSPS) is 19.8. The molecule has 1 aromatic carbocycles. The highest BCUT2D eigenvalue weighted by Crippen LogP contribution is 2.22. The standard InChI is InChI=1S/C21H27N3O3/c1-14-12-17(4)24(22-14)19-10-8-18(9-11-19)21(26)27-13-20(25)23-15(2)6-5-7-16(23)3/h8-12,15-16H,5-7,13H2,1-4H3. The van der Waals surface area contributed by atoms with Crippen molar-refractivity contribution in [3.05, 3.63) is 47.3 Å². The number of aromatic nitrogens is 2. The largest absolute Gasteiger partial charge is 0.452 e. The van der Waals surface area contributed by atoms with Gasteiger partial charge in [0, 0.05) is 17.8 Å². The fourth-order valence-corrected chi connectivity index (χ4v) is 3.83. The maximum atomic E-state index is 12.5. The number of carbonyl (C=O) groups excluding carboxylic acids is 2. The first-order valence-corrected chi connectivity index (χ1v) is 9.49. The maximum Gasteiger partial charge on any atom is 0.338 e. The predicted octanol–water partition coefficient (Wildman–Crippen LogP) is 3.44. The number of hydrogen-bond donors (Lipinski definition) is 0. The molecule has 0 spiro atoms. The molecule has 1 aliphatic rings. The first-order chi connectivity index (χ1) is 12.9. The lowest BCUT2D eigenvalue weighted by molar-refractivity contribution is -0.140. The van der Waals surface area contributed by atoms with Gasteiger partial charge in [-0.25, -0.2) is 9.48 Å². The van der Waals surface area contributed by atoms with Crippen LogP contribution in [0, 0.1) is 13.8 Å². The van der Waals surface area contributed by atoms with Crippen molar-refractivity contribution in [2.24, 2.45) is 0 Å². The third kappa shape index (κ3) is 4.21. The zero-order valence-corrected chi connectivity index (χ0v) is 16.4. The molecule has 3 rings (SSSR count). The summed E-state index contributed by atoms with van der Waals surface area (Å²) in [6, 6.07) is 9.44. The van der Waals surface area contributed by atoms with Crippen LogP contribution in [0.5, 0.6) is 0 Å². The number of rotatable bonds is 4. The summed E-state index contributed by atoms with van der Waals surface area (Å²) < 4.78 is 7.09. The van der Waals surface area contributed by atoms with E-state index in [-0.39, 0.29) is 24.6 Å². The Morgan fingerprint density at radius 2 is 1.74 bits per heavy atom. The van der Waals surface area contributed by atoms with Gasteiger partial charge in [-0.1, -0.05) is 0 Å². The Labute approximate surface area is 160 Å². The molecule has 1 saturated heterocycles. The summed E-state index contributed by atoms with van der Waals surface area (Å²) in [4.78, 5) is 26.6. The van der Waals surface area contributed by atoms with Gasteiger partial charge >= 0.3 is 5.97 Å². The van der Waals surface area contributed by atoms with E-state index in [4.69, 9.17) is 4.74 Å². The van der Waals surface area contributed by atoms with Gasteiger partial charge in [-0.05, 0) is 77.3 Å². The Morgan fingerprint density at radius 1 is 1.11 bits per heavy atom. The topological polar surface area (TPSA) is 64.4 Å². The molecule has 6 nitrogen and oxygen atoms in total. The molecular weight excluding hydrogens is 342 g/mol. The van der Waals surface area contributed by atoms with Gasteiger partial charge in [-0.3, -0.25) is 4.79 Å². The van der Waals surface area contributed by atoms with E-state index in [1.807, 2.05) is 55.5 Å². The van der Waals surface area contributed by atoms with Crippen LogP contribution >= 0.6 is 0 Å². The second-order valence-electron chi connectivity index (χ2n) is 7.39. The Balaban J connectivity index is 1.61. The van der Waals surface area contributed by atoms with E-state index in [1.54, 1.807) is 12.1 Å². The molecular formula is C21H27N3O3. The molecule has 0 saturated carbocycles. The number of ether oxygens (including phenoxy) is 1. The van der Waals surface area contributed by atoms with Crippen molar-refractivity contribution >= 4 is 11.9 Å². The number of benzene rings is 1. The number of likely N-dealkylation sites (tertiary alicyclic amines) is 1. The molecule has 2 unspecified atom stereocenters. The lowest BCUT2D eigenvalue weighted by atomic mass is 9.97. The number of esters is 1. The maximum absolute atomic E-state index is 12.5. The number of amides is 1. The van der Waals surface area contributed by atoms with Crippen molar-refractivity contribution in [3.8, 4) is 5.69 Å². The number of nitrogens with zero attached hydrogens (tertiary/aromatic N) is 3. The molecule has 1 aromatic heterocycles. The van der Waals surface area contributed by atoms with Crippen molar-refractivity contribution in [2.45, 2.75) is 59.0 Å². The number of piperidine rings is 1. The molecule has 0 aliphatic carbocycles. The van der Waals surface area contributed by atoms with Gasteiger partial charge in [0.25, 0.3) is 5.91 Å². The Kier molecular flexibility index (Phi) is 5.63. The molecule has 1 aliphatic heterocycles. The average Bonchev–Trinajstić information content (AvgIpc) is 2.98. The van der Waals surface area contributed by atoms with Crippen molar-refractivity contribution in [1.29, 1.82) is 0 Å². The summed E-state index contributed by atoms with van der Waals surface area (Å²) in [5.41, 5.74) is 3.27. The van der Waals surface area contributed by atoms with Crippen LogP contribution in [-0.4, -0.2) is 45.2 Å². The zero-order valence-electron chi connectivity index (χ0n) is 16.4. The third-order valence-electron chi connectivity index (χ3n) is 5.17. The van der Waals surface area contributed by atoms with Crippen LogP contribution in [0.3, 0.4) is 0 Å². The lowest BCUT2D eigenvalue weighted by Crippen LogP contribution is -2.49. The average molecular weight is 369 g/mol. The van der Waals surface area contributed by atoms with Crippen LogP contribution in [0.2, 0.25) is 0 Å². The minimum absolute atomic E-state index is 0.123. The number of aryl methyl sites for hydroxylation is 2. The molecule has 2 aromatic rings. The lowest BCUT2D eigenvalue weighted by Gasteiger charge is -2.38. The third-order valence-corrected chi connectivity index (χ3v) is 5.17. The minimum Gasteiger partial charge on any atom is -0.452 e. The van der Waals surface area contributed by atoms with Gasteiger partial charge in [0.15, 0.2) is 6.61 Å². The van der Waals surface area contributed by atoms with E-state index in [9.17, 15) is 9.59 Å². The highest BCUT2D eigenvalue weighted by molar-refractivity contribution is 5.91. The fraction of sp³-hybridized carbons (Fsp3) is 0.476. The van der Waals surface area contributed by atoms with Crippen LogP contribution in [0.1, 0.15) is 54.9 Å². The second kappa shape index (κ2) is 7.94. The van der Waals surface area contributed by atoms with E-state index in [2.05, 4.69) is 5.10 Å². The van der Waals surface area contributed by atoms with Gasteiger partial charge in [-0.15, -0.1) is 0 Å². The van der Waals surface area contributed by atoms with Gasteiger partial charge in [0.05, 0.1) is 16.9 Å². The van der Waals surface area contributed by atoms with Crippen molar-refractivity contribution in [2.75, 3.05) is 6.61 Å². The number of hydrogen-bond acceptors (Lipinski definition) is 4. The highest BCUT2D eigenvalue weighted by Gasteiger charge is 2.29. The summed E-state index contributed by atoms with van der Waals surface area (Å²) in [6.45, 7) is 7.81. The summed E-state index contributed by atoms with van der Waals surface area (Å²) >= 11 is 0. The molecule has 27 heavy (non-hydrogen) atoms. The molecule has 1 amide bonds. The van der Waals surface area contributed by atoms with Crippen LogP contribution < -0.4 is 0 Å². The van der Waals surface area contributed by atoms with Crippen molar-refractivity contribution < 1.29 is 14.3 Å². The van der Waals surface area contributed by atoms with E-state index in [0.29, 0.717) is 5.56 Å². The Bertz CT molecular complexity index is 816. The van der Waals surface area contributed by atoms with E-state index < -0.39 is 5.97 Å². The molecule has 0 N–H and O–H groups in total. The molecule has 6 heteroatoms. The minimum atomic E-state index is -0.486. The monoisotopic (exact) mass is 369 g/mol. The van der Waals surface area contributed by atoms with Crippen LogP contribution in [0.15, 0.2) is 30.3 Å². The van der Waals surface area contributed by atoms with Crippen LogP contribution in [-0.2, 0) is 9.53 Å². The van der Waals surface area contributed by atoms with Gasteiger partial charge in [0.1, 0.15) is 0 Å². The summed E-state index contributed by atoms with van der Waals surface area (Å²) in [5, 5.41) is 4.43. The Hall–Kier alpha value is -2.63. The molecule has 2 heterocycles. The molecule has 0 radical (unpaired) electrons. The molecule has 1 fully saturated rings. The molecule has 2 atom stereocenters. The van der Waals surface area contributed by atoms with Gasteiger partial charge < -0.3 is 9.64 Å².